The van der Waals surface area contributed by atoms with Crippen molar-refractivity contribution in [1.82, 2.24) is 14.7 Å². The van der Waals surface area contributed by atoms with E-state index in [-0.39, 0.29) is 12.3 Å². The normalized spacial score (nSPS) is 14.6. The lowest BCUT2D eigenvalue weighted by Crippen LogP contribution is -2.30. The van der Waals surface area contributed by atoms with Crippen LogP contribution in [0.25, 0.3) is 16.9 Å². The second kappa shape index (κ2) is 11.8. The van der Waals surface area contributed by atoms with E-state index in [9.17, 15) is 14.7 Å². The van der Waals surface area contributed by atoms with E-state index in [0.29, 0.717) is 17.3 Å². The van der Waals surface area contributed by atoms with E-state index < -0.39 is 12.0 Å². The molecule has 8 heteroatoms. The molecule has 8 nitrogen and oxygen atoms in total. The number of imidazole rings is 1. The minimum Gasteiger partial charge on any atom is -0.481 e. The van der Waals surface area contributed by atoms with Crippen LogP contribution in [0.3, 0.4) is 0 Å². The van der Waals surface area contributed by atoms with E-state index in [1.165, 1.54) is 19.3 Å². The van der Waals surface area contributed by atoms with Crippen LogP contribution in [0, 0.1) is 6.92 Å². The number of carboxylic acid groups (broad SMARTS) is 1. The van der Waals surface area contributed by atoms with Gasteiger partial charge in [-0.2, -0.15) is 0 Å². The number of amides is 1. The Labute approximate surface area is 235 Å². The van der Waals surface area contributed by atoms with Gasteiger partial charge in [0.15, 0.2) is 0 Å². The summed E-state index contributed by atoms with van der Waals surface area (Å²) in [5, 5.41) is 16.2. The maximum atomic E-state index is 13.3. The van der Waals surface area contributed by atoms with Crippen molar-refractivity contribution in [1.29, 1.82) is 0 Å². The first-order valence-electron chi connectivity index (χ1n) is 13.9. The van der Waals surface area contributed by atoms with Crippen molar-refractivity contribution in [2.75, 3.05) is 24.3 Å². The second-order valence-corrected chi connectivity index (χ2v) is 10.9. The van der Waals surface area contributed by atoms with Gasteiger partial charge in [0.05, 0.1) is 12.5 Å². The molecule has 0 spiro atoms. The predicted molar refractivity (Wildman–Crippen MR) is 159 cm³/mol. The number of fused-ring (bicyclic) bond motifs is 1. The molecule has 1 atom stereocenters. The number of nitrogens with zero attached hydrogens (tertiary/aromatic N) is 3. The molecule has 1 aliphatic rings. The number of aromatic nitrogens is 2. The number of aliphatic carboxylic acids is 1. The lowest BCUT2D eigenvalue weighted by molar-refractivity contribution is -0.137. The van der Waals surface area contributed by atoms with Gasteiger partial charge in [0.25, 0.3) is 5.91 Å². The summed E-state index contributed by atoms with van der Waals surface area (Å²) in [6, 6.07) is 19.1. The Hall–Kier alpha value is -4.33. The predicted octanol–water partition coefficient (Wildman–Crippen LogP) is 6.07. The molecule has 4 aromatic rings. The number of hydrogen-bond acceptors (Lipinski definition) is 5. The fraction of sp³-hybridized carbons (Fsp3) is 0.344. The van der Waals surface area contributed by atoms with Crippen LogP contribution in [0.5, 0.6) is 0 Å². The highest BCUT2D eigenvalue weighted by atomic mass is 16.4. The molecule has 1 unspecified atom stereocenters. The number of aryl methyl sites for hydroxylation is 1. The first-order valence-corrected chi connectivity index (χ1v) is 13.9. The number of carbonyl (C=O) groups is 2. The zero-order chi connectivity index (χ0) is 28.2. The zero-order valence-corrected chi connectivity index (χ0v) is 23.4. The molecule has 0 radical (unpaired) electrons. The van der Waals surface area contributed by atoms with Crippen molar-refractivity contribution in [2.24, 2.45) is 0 Å². The molecule has 3 N–H and O–H groups in total. The molecule has 0 aliphatic heterocycles. The number of carbonyl (C=O) groups excluding carboxylic acids is 1. The van der Waals surface area contributed by atoms with Crippen molar-refractivity contribution in [3.05, 3.63) is 83.6 Å². The van der Waals surface area contributed by atoms with Gasteiger partial charge in [0.2, 0.25) is 0 Å². The summed E-state index contributed by atoms with van der Waals surface area (Å²) in [6.07, 6.45) is 7.61. The molecule has 0 saturated heterocycles. The van der Waals surface area contributed by atoms with Crippen molar-refractivity contribution in [3.63, 3.8) is 0 Å². The molecule has 40 heavy (non-hydrogen) atoms. The zero-order valence-electron chi connectivity index (χ0n) is 23.4. The highest BCUT2D eigenvalue weighted by Crippen LogP contribution is 2.33. The van der Waals surface area contributed by atoms with Crippen LogP contribution >= 0.6 is 0 Å². The summed E-state index contributed by atoms with van der Waals surface area (Å²) in [6.45, 7) is 1.97. The topological polar surface area (TPSA) is 99.0 Å². The molecule has 1 aliphatic carbocycles. The van der Waals surface area contributed by atoms with Crippen LogP contribution in [0.4, 0.5) is 11.5 Å². The van der Waals surface area contributed by atoms with Gasteiger partial charge in [-0.05, 0) is 49.6 Å². The molecule has 208 valence electrons. The summed E-state index contributed by atoms with van der Waals surface area (Å²) >= 11 is 0. The van der Waals surface area contributed by atoms with Crippen LogP contribution in [-0.4, -0.2) is 46.5 Å². The van der Waals surface area contributed by atoms with Crippen molar-refractivity contribution >= 4 is 29.0 Å². The number of anilines is 2. The second-order valence-electron chi connectivity index (χ2n) is 10.9. The summed E-state index contributed by atoms with van der Waals surface area (Å²) < 4.78 is 2.01. The maximum Gasteiger partial charge on any atom is 0.305 e. The number of pyridine rings is 1. The number of rotatable bonds is 9. The lowest BCUT2D eigenvalue weighted by Gasteiger charge is -2.24. The van der Waals surface area contributed by atoms with Crippen LogP contribution in [0.1, 0.15) is 66.1 Å². The van der Waals surface area contributed by atoms with Gasteiger partial charge >= 0.3 is 5.97 Å². The monoisotopic (exact) mass is 539 g/mol. The highest BCUT2D eigenvalue weighted by Gasteiger charge is 2.22. The minimum absolute atomic E-state index is 0.205. The Morgan fingerprint density at radius 1 is 1.02 bits per heavy atom. The molecular weight excluding hydrogens is 502 g/mol. The molecule has 1 fully saturated rings. The summed E-state index contributed by atoms with van der Waals surface area (Å²) in [5.41, 5.74) is 5.86. The van der Waals surface area contributed by atoms with Crippen molar-refractivity contribution in [3.8, 4) is 11.3 Å². The fourth-order valence-electron chi connectivity index (χ4n) is 5.35. The lowest BCUT2D eigenvalue weighted by atomic mass is 9.95. The third kappa shape index (κ3) is 6.11. The average molecular weight is 540 g/mol. The first-order chi connectivity index (χ1) is 19.3. The van der Waals surface area contributed by atoms with Gasteiger partial charge in [-0.1, -0.05) is 61.2 Å². The number of carboxylic acids is 1. The van der Waals surface area contributed by atoms with Crippen molar-refractivity contribution < 1.29 is 14.7 Å². The third-order valence-corrected chi connectivity index (χ3v) is 7.66. The molecule has 1 saturated carbocycles. The van der Waals surface area contributed by atoms with E-state index in [2.05, 4.69) is 39.8 Å². The SMILES string of the molecule is Cc1ccc(C(CC(=O)O)NC(=O)c2ccn3c(NC4CCCCC4)c(-c4ccc(N(C)C)cc4)nc3c2)cc1. The van der Waals surface area contributed by atoms with Crippen molar-refractivity contribution in [2.45, 2.75) is 57.5 Å². The summed E-state index contributed by atoms with van der Waals surface area (Å²) in [4.78, 5) is 31.9. The van der Waals surface area contributed by atoms with E-state index >= 15 is 0 Å². The molecular formula is C32H37N5O3. The molecule has 5 rings (SSSR count). The Kier molecular flexibility index (Phi) is 8.05. The van der Waals surface area contributed by atoms with Gasteiger partial charge in [-0.25, -0.2) is 4.98 Å². The van der Waals surface area contributed by atoms with E-state index in [1.54, 1.807) is 12.1 Å². The van der Waals surface area contributed by atoms with E-state index in [0.717, 1.165) is 46.7 Å². The Balaban J connectivity index is 1.48. The number of benzene rings is 2. The smallest absolute Gasteiger partial charge is 0.305 e. The largest absolute Gasteiger partial charge is 0.481 e. The van der Waals surface area contributed by atoms with Crippen LogP contribution in [0.15, 0.2) is 66.9 Å². The standard InChI is InChI=1S/C32H37N5O3/c1-21-9-11-22(12-10-21)27(20-29(38)39)34-32(40)24-17-18-37-28(19-24)35-30(23-13-15-26(16-14-23)36(2)3)31(37)33-25-7-5-4-6-8-25/h9-19,25,27,33H,4-8,20H2,1-3H3,(H,34,40)(H,38,39). The van der Waals surface area contributed by atoms with Gasteiger partial charge in [-0.3, -0.25) is 14.0 Å². The molecule has 0 bridgehead atoms. The van der Waals surface area contributed by atoms with Crippen LogP contribution in [-0.2, 0) is 4.79 Å². The third-order valence-electron chi connectivity index (χ3n) is 7.66. The Bertz CT molecular complexity index is 1490. The summed E-state index contributed by atoms with van der Waals surface area (Å²) in [7, 11) is 4.03. The first kappa shape index (κ1) is 27.2. The van der Waals surface area contributed by atoms with Gasteiger partial charge in [0, 0.05) is 43.1 Å². The highest BCUT2D eigenvalue weighted by molar-refractivity contribution is 5.96. The quantitative estimate of drug-likeness (QED) is 0.239. The van der Waals surface area contributed by atoms with Gasteiger partial charge < -0.3 is 20.6 Å². The average Bonchev–Trinajstić information content (AvgIpc) is 3.30. The Morgan fingerprint density at radius 2 is 1.73 bits per heavy atom. The number of hydrogen-bond donors (Lipinski definition) is 3. The fourth-order valence-corrected chi connectivity index (χ4v) is 5.35. The van der Waals surface area contributed by atoms with Crippen LogP contribution < -0.4 is 15.5 Å². The Morgan fingerprint density at radius 3 is 2.38 bits per heavy atom. The molecule has 2 heterocycles. The van der Waals surface area contributed by atoms with Gasteiger partial charge in [0.1, 0.15) is 17.2 Å². The molecule has 2 aromatic heterocycles. The van der Waals surface area contributed by atoms with E-state index in [4.69, 9.17) is 4.98 Å². The van der Waals surface area contributed by atoms with E-state index in [1.807, 2.05) is 55.9 Å². The molecule has 2 aromatic carbocycles. The van der Waals surface area contributed by atoms with Crippen LogP contribution in [0.2, 0.25) is 0 Å². The summed E-state index contributed by atoms with van der Waals surface area (Å²) in [5.74, 6) is -0.385. The van der Waals surface area contributed by atoms with Gasteiger partial charge in [-0.15, -0.1) is 0 Å². The minimum atomic E-state index is -0.974. The number of nitrogens with one attached hydrogen (secondary N) is 2. The molecule has 1 amide bonds. The maximum absolute atomic E-state index is 13.3.